The van der Waals surface area contributed by atoms with E-state index in [1.807, 2.05) is 6.07 Å². The lowest BCUT2D eigenvalue weighted by Crippen LogP contribution is -2.04. The highest BCUT2D eigenvalue weighted by Crippen LogP contribution is 2.18. The molecular formula is C10H8BrNO2. The number of carboxylic acid groups (broad SMARTS) is 1. The van der Waals surface area contributed by atoms with Crippen molar-refractivity contribution in [1.29, 1.82) is 5.26 Å². The third kappa shape index (κ3) is 2.33. The fourth-order valence-electron chi connectivity index (χ4n) is 1.23. The molecule has 0 amide bonds. The van der Waals surface area contributed by atoms with Gasteiger partial charge in [0.1, 0.15) is 0 Å². The van der Waals surface area contributed by atoms with Crippen LogP contribution in [0.25, 0.3) is 0 Å². The van der Waals surface area contributed by atoms with Crippen LogP contribution < -0.4 is 0 Å². The first-order chi connectivity index (χ1) is 6.69. The Morgan fingerprint density at radius 1 is 1.57 bits per heavy atom. The van der Waals surface area contributed by atoms with E-state index in [1.165, 1.54) is 0 Å². The third-order valence-electron chi connectivity index (χ3n) is 1.87. The zero-order valence-electron chi connectivity index (χ0n) is 7.33. The average molecular weight is 254 g/mol. The smallest absolute Gasteiger partial charge is 0.307 e. The maximum Gasteiger partial charge on any atom is 0.307 e. The standard InChI is InChI=1S/C10H8BrNO2/c11-5-9-7(4-10(13)14)2-1-3-8(9)6-12/h1-3H,4-5H2,(H,13,14). The molecule has 0 aromatic heterocycles. The van der Waals surface area contributed by atoms with Gasteiger partial charge in [-0.1, -0.05) is 28.1 Å². The van der Waals surface area contributed by atoms with E-state index >= 15 is 0 Å². The first-order valence-corrected chi connectivity index (χ1v) is 5.09. The number of hydrogen-bond acceptors (Lipinski definition) is 2. The molecule has 72 valence electrons. The van der Waals surface area contributed by atoms with Crippen LogP contribution in [0.2, 0.25) is 0 Å². The second-order valence-corrected chi connectivity index (χ2v) is 3.32. The van der Waals surface area contributed by atoms with Crippen molar-refractivity contribution in [3.63, 3.8) is 0 Å². The minimum absolute atomic E-state index is 0.0452. The predicted octanol–water partition coefficient (Wildman–Crippen LogP) is 2.08. The molecule has 1 aromatic rings. The summed E-state index contributed by atoms with van der Waals surface area (Å²) in [6, 6.07) is 7.14. The predicted molar refractivity (Wildman–Crippen MR) is 55.1 cm³/mol. The summed E-state index contributed by atoms with van der Waals surface area (Å²) in [6.07, 6.45) is -0.0452. The number of carbonyl (C=O) groups is 1. The summed E-state index contributed by atoms with van der Waals surface area (Å²) in [6.45, 7) is 0. The summed E-state index contributed by atoms with van der Waals surface area (Å²) in [5.74, 6) is -0.887. The van der Waals surface area contributed by atoms with Crippen LogP contribution in [0, 0.1) is 11.3 Å². The van der Waals surface area contributed by atoms with Crippen LogP contribution in [-0.2, 0) is 16.5 Å². The van der Waals surface area contributed by atoms with E-state index in [0.717, 1.165) is 5.56 Å². The van der Waals surface area contributed by atoms with Crippen molar-refractivity contribution in [3.05, 3.63) is 34.9 Å². The molecule has 1 rings (SSSR count). The number of alkyl halides is 1. The second-order valence-electron chi connectivity index (χ2n) is 2.76. The SMILES string of the molecule is N#Cc1cccc(CC(=O)O)c1CBr. The van der Waals surface area contributed by atoms with E-state index < -0.39 is 5.97 Å². The first-order valence-electron chi connectivity index (χ1n) is 3.97. The molecule has 0 atom stereocenters. The maximum absolute atomic E-state index is 10.5. The van der Waals surface area contributed by atoms with Crippen LogP contribution in [-0.4, -0.2) is 11.1 Å². The van der Waals surface area contributed by atoms with Crippen LogP contribution in [0.15, 0.2) is 18.2 Å². The topological polar surface area (TPSA) is 61.1 Å². The molecule has 0 radical (unpaired) electrons. The largest absolute Gasteiger partial charge is 0.481 e. The van der Waals surface area contributed by atoms with E-state index in [2.05, 4.69) is 15.9 Å². The summed E-state index contributed by atoms with van der Waals surface area (Å²) in [5.41, 5.74) is 1.98. The molecule has 1 aromatic carbocycles. The van der Waals surface area contributed by atoms with Gasteiger partial charge in [-0.25, -0.2) is 0 Å². The molecule has 14 heavy (non-hydrogen) atoms. The van der Waals surface area contributed by atoms with E-state index in [1.54, 1.807) is 18.2 Å². The van der Waals surface area contributed by atoms with Gasteiger partial charge in [0.25, 0.3) is 0 Å². The second kappa shape index (κ2) is 4.77. The van der Waals surface area contributed by atoms with Crippen LogP contribution in [0.3, 0.4) is 0 Å². The minimum atomic E-state index is -0.887. The Labute approximate surface area is 90.1 Å². The molecular weight excluding hydrogens is 246 g/mol. The number of rotatable bonds is 3. The molecule has 4 heteroatoms. The molecule has 0 unspecified atom stereocenters. The number of carboxylic acids is 1. The van der Waals surface area contributed by atoms with Gasteiger partial charge in [0.15, 0.2) is 0 Å². The molecule has 0 spiro atoms. The highest BCUT2D eigenvalue weighted by molar-refractivity contribution is 9.08. The van der Waals surface area contributed by atoms with Crippen molar-refractivity contribution in [3.8, 4) is 6.07 Å². The lowest BCUT2D eigenvalue weighted by atomic mass is 10.0. The monoisotopic (exact) mass is 253 g/mol. The summed E-state index contributed by atoms with van der Waals surface area (Å²) >= 11 is 3.25. The first kappa shape index (κ1) is 10.7. The molecule has 0 aliphatic rings. The van der Waals surface area contributed by atoms with Crippen molar-refractivity contribution in [1.82, 2.24) is 0 Å². The zero-order valence-corrected chi connectivity index (χ0v) is 8.91. The van der Waals surface area contributed by atoms with Gasteiger partial charge in [0.2, 0.25) is 0 Å². The quantitative estimate of drug-likeness (QED) is 0.840. The lowest BCUT2D eigenvalue weighted by Gasteiger charge is -2.05. The summed E-state index contributed by atoms with van der Waals surface area (Å²) < 4.78 is 0. The number of hydrogen-bond donors (Lipinski definition) is 1. The van der Waals surface area contributed by atoms with Crippen molar-refractivity contribution >= 4 is 21.9 Å². The van der Waals surface area contributed by atoms with Crippen LogP contribution >= 0.6 is 15.9 Å². The summed E-state index contributed by atoms with van der Waals surface area (Å²) in [4.78, 5) is 10.5. The molecule has 0 bridgehead atoms. The molecule has 0 saturated carbocycles. The molecule has 0 heterocycles. The maximum atomic E-state index is 10.5. The Kier molecular flexibility index (Phi) is 3.66. The highest BCUT2D eigenvalue weighted by Gasteiger charge is 2.09. The Hall–Kier alpha value is -1.34. The summed E-state index contributed by atoms with van der Waals surface area (Å²) in [5, 5.41) is 17.9. The third-order valence-corrected chi connectivity index (χ3v) is 2.43. The van der Waals surface area contributed by atoms with Crippen molar-refractivity contribution in [2.24, 2.45) is 0 Å². The van der Waals surface area contributed by atoms with Gasteiger partial charge >= 0.3 is 5.97 Å². The van der Waals surface area contributed by atoms with Crippen molar-refractivity contribution in [2.45, 2.75) is 11.8 Å². The van der Waals surface area contributed by atoms with Crippen LogP contribution in [0.5, 0.6) is 0 Å². The normalized spacial score (nSPS) is 9.43. The van der Waals surface area contributed by atoms with E-state index in [-0.39, 0.29) is 6.42 Å². The minimum Gasteiger partial charge on any atom is -0.481 e. The molecule has 0 saturated heterocycles. The fraction of sp³-hybridized carbons (Fsp3) is 0.200. The van der Waals surface area contributed by atoms with Gasteiger partial charge in [0, 0.05) is 5.33 Å². The Morgan fingerprint density at radius 3 is 2.79 bits per heavy atom. The number of benzene rings is 1. The molecule has 0 aliphatic heterocycles. The van der Waals surface area contributed by atoms with Crippen molar-refractivity contribution < 1.29 is 9.90 Å². The molecule has 3 nitrogen and oxygen atoms in total. The van der Waals surface area contributed by atoms with Gasteiger partial charge in [0.05, 0.1) is 18.1 Å². The molecule has 1 N–H and O–H groups in total. The van der Waals surface area contributed by atoms with E-state index in [9.17, 15) is 4.79 Å². The molecule has 0 fully saturated rings. The fourth-order valence-corrected chi connectivity index (χ4v) is 1.89. The average Bonchev–Trinajstić information content (AvgIpc) is 2.16. The number of halogens is 1. The van der Waals surface area contributed by atoms with Crippen LogP contribution in [0.1, 0.15) is 16.7 Å². The Bertz CT molecular complexity index is 396. The van der Waals surface area contributed by atoms with Gasteiger partial charge in [-0.05, 0) is 17.2 Å². The van der Waals surface area contributed by atoms with Crippen LogP contribution in [0.4, 0.5) is 0 Å². The van der Waals surface area contributed by atoms with E-state index in [0.29, 0.717) is 16.5 Å². The van der Waals surface area contributed by atoms with E-state index in [4.69, 9.17) is 10.4 Å². The number of nitriles is 1. The van der Waals surface area contributed by atoms with Gasteiger partial charge in [-0.2, -0.15) is 5.26 Å². The van der Waals surface area contributed by atoms with Crippen molar-refractivity contribution in [2.75, 3.05) is 0 Å². The summed E-state index contributed by atoms with van der Waals surface area (Å²) in [7, 11) is 0. The Balaban J connectivity index is 3.16. The number of nitrogens with zero attached hydrogens (tertiary/aromatic N) is 1. The number of aliphatic carboxylic acids is 1. The van der Waals surface area contributed by atoms with Gasteiger partial charge in [-0.3, -0.25) is 4.79 Å². The highest BCUT2D eigenvalue weighted by atomic mass is 79.9. The van der Waals surface area contributed by atoms with Gasteiger partial charge < -0.3 is 5.11 Å². The zero-order chi connectivity index (χ0) is 10.6. The molecule has 0 aliphatic carbocycles. The van der Waals surface area contributed by atoms with Gasteiger partial charge in [-0.15, -0.1) is 0 Å². The Morgan fingerprint density at radius 2 is 2.29 bits per heavy atom. The lowest BCUT2D eigenvalue weighted by molar-refractivity contribution is -0.136.